The fourth-order valence-corrected chi connectivity index (χ4v) is 4.76. The van der Waals surface area contributed by atoms with E-state index in [1.165, 1.54) is 19.3 Å². The summed E-state index contributed by atoms with van der Waals surface area (Å²) < 4.78 is 7.68. The van der Waals surface area contributed by atoms with Crippen LogP contribution in [0, 0.1) is 5.41 Å². The first kappa shape index (κ1) is 19.0. The highest BCUT2D eigenvalue weighted by molar-refractivity contribution is 5.79. The maximum atomic E-state index is 13.0. The summed E-state index contributed by atoms with van der Waals surface area (Å²) >= 11 is 0. The molecule has 1 saturated heterocycles. The second-order valence-corrected chi connectivity index (χ2v) is 8.18. The lowest BCUT2D eigenvalue weighted by Gasteiger charge is -2.42. The topological polar surface area (TPSA) is 60.2 Å². The van der Waals surface area contributed by atoms with Crippen LogP contribution >= 0.6 is 0 Å². The highest BCUT2D eigenvalue weighted by Crippen LogP contribution is 2.55. The molecular weight excluding hydrogens is 352 g/mol. The van der Waals surface area contributed by atoms with E-state index in [1.807, 2.05) is 37.5 Å². The molecule has 1 atom stereocenters. The molecular formula is C22H30N4O2. The number of hydrogen-bond donors (Lipinski definition) is 0. The summed E-state index contributed by atoms with van der Waals surface area (Å²) in [6, 6.07) is 7.87. The van der Waals surface area contributed by atoms with E-state index in [-0.39, 0.29) is 11.3 Å². The summed E-state index contributed by atoms with van der Waals surface area (Å²) in [7, 11) is 0. The van der Waals surface area contributed by atoms with Gasteiger partial charge >= 0.3 is 0 Å². The molecule has 1 aromatic heterocycles. The Bertz CT molecular complexity index is 810. The SMILES string of the molecule is CCCn1cnnc1C1CN(C(=O)Cc2ccc(OCC)cc2)CC12CCC2. The van der Waals surface area contributed by atoms with Crippen LogP contribution in [0.4, 0.5) is 0 Å². The van der Waals surface area contributed by atoms with Gasteiger partial charge in [-0.2, -0.15) is 0 Å². The Balaban J connectivity index is 1.47. The minimum Gasteiger partial charge on any atom is -0.494 e. The molecule has 6 heteroatoms. The molecule has 2 heterocycles. The molecule has 1 saturated carbocycles. The fraction of sp³-hybridized carbons (Fsp3) is 0.591. The van der Waals surface area contributed by atoms with Gasteiger partial charge in [-0.05, 0) is 49.3 Å². The van der Waals surface area contributed by atoms with Gasteiger partial charge in [-0.1, -0.05) is 25.5 Å². The fourth-order valence-electron chi connectivity index (χ4n) is 4.76. The molecule has 1 aliphatic heterocycles. The van der Waals surface area contributed by atoms with E-state index in [0.717, 1.165) is 43.2 Å². The van der Waals surface area contributed by atoms with Crippen molar-refractivity contribution >= 4 is 5.91 Å². The lowest BCUT2D eigenvalue weighted by atomic mass is 9.62. The molecule has 1 aromatic carbocycles. The number of likely N-dealkylation sites (tertiary alicyclic amines) is 1. The van der Waals surface area contributed by atoms with Crippen molar-refractivity contribution in [3.8, 4) is 5.75 Å². The Kier molecular flexibility index (Phi) is 5.38. The van der Waals surface area contributed by atoms with E-state index in [2.05, 4.69) is 26.6 Å². The van der Waals surface area contributed by atoms with E-state index in [9.17, 15) is 4.79 Å². The number of carbonyl (C=O) groups excluding carboxylic acids is 1. The predicted octanol–water partition coefficient (Wildman–Crippen LogP) is 3.43. The van der Waals surface area contributed by atoms with Crippen molar-refractivity contribution in [1.29, 1.82) is 0 Å². The maximum Gasteiger partial charge on any atom is 0.227 e. The molecule has 6 nitrogen and oxygen atoms in total. The first-order chi connectivity index (χ1) is 13.6. The second kappa shape index (κ2) is 7.94. The van der Waals surface area contributed by atoms with Gasteiger partial charge < -0.3 is 14.2 Å². The minimum absolute atomic E-state index is 0.201. The highest BCUT2D eigenvalue weighted by atomic mass is 16.5. The van der Waals surface area contributed by atoms with Gasteiger partial charge in [0.25, 0.3) is 0 Å². The molecule has 2 fully saturated rings. The Hall–Kier alpha value is -2.37. The zero-order chi connectivity index (χ0) is 19.6. The van der Waals surface area contributed by atoms with Crippen LogP contribution < -0.4 is 4.74 Å². The van der Waals surface area contributed by atoms with Gasteiger partial charge in [0.05, 0.1) is 13.0 Å². The number of aryl methyl sites for hydroxylation is 1. The molecule has 28 heavy (non-hydrogen) atoms. The van der Waals surface area contributed by atoms with Gasteiger partial charge in [-0.15, -0.1) is 10.2 Å². The van der Waals surface area contributed by atoms with Gasteiger partial charge in [0, 0.05) is 25.6 Å². The van der Waals surface area contributed by atoms with Gasteiger partial charge in [0.2, 0.25) is 5.91 Å². The molecule has 150 valence electrons. The molecule has 1 aliphatic carbocycles. The molecule has 4 rings (SSSR count). The zero-order valence-corrected chi connectivity index (χ0v) is 16.9. The number of rotatable bonds is 7. The first-order valence-electron chi connectivity index (χ1n) is 10.5. The van der Waals surface area contributed by atoms with Crippen LogP contribution in [0.25, 0.3) is 0 Å². The summed E-state index contributed by atoms with van der Waals surface area (Å²) in [5.41, 5.74) is 1.24. The number of nitrogens with zero attached hydrogens (tertiary/aromatic N) is 4. The first-order valence-corrected chi connectivity index (χ1v) is 10.5. The van der Waals surface area contributed by atoms with Gasteiger partial charge in [-0.3, -0.25) is 4.79 Å². The van der Waals surface area contributed by atoms with Crippen LogP contribution in [0.5, 0.6) is 5.75 Å². The van der Waals surface area contributed by atoms with Crippen molar-refractivity contribution in [2.45, 2.75) is 58.4 Å². The third-order valence-electron chi connectivity index (χ3n) is 6.36. The van der Waals surface area contributed by atoms with Crippen molar-refractivity contribution in [2.75, 3.05) is 19.7 Å². The summed E-state index contributed by atoms with van der Waals surface area (Å²) in [6.45, 7) is 7.35. The number of hydrogen-bond acceptors (Lipinski definition) is 4. The summed E-state index contributed by atoms with van der Waals surface area (Å²) in [6.07, 6.45) is 6.96. The quantitative estimate of drug-likeness (QED) is 0.736. The van der Waals surface area contributed by atoms with E-state index in [0.29, 0.717) is 18.9 Å². The number of aromatic nitrogens is 3. The molecule has 0 radical (unpaired) electrons. The third kappa shape index (κ3) is 3.52. The molecule has 0 bridgehead atoms. The standard InChI is InChI=1S/C22H30N4O2/c1-3-12-25-16-23-24-21(25)19-14-26(15-22(19)10-5-11-22)20(27)13-17-6-8-18(9-7-17)28-4-2/h6-9,16,19H,3-5,10-15H2,1-2H3. The molecule has 2 aromatic rings. The van der Waals surface area contributed by atoms with Crippen LogP contribution in [0.15, 0.2) is 30.6 Å². The second-order valence-electron chi connectivity index (χ2n) is 8.18. The van der Waals surface area contributed by atoms with E-state index in [4.69, 9.17) is 4.74 Å². The molecule has 0 N–H and O–H groups in total. The third-order valence-corrected chi connectivity index (χ3v) is 6.36. The van der Waals surface area contributed by atoms with E-state index < -0.39 is 0 Å². The largest absolute Gasteiger partial charge is 0.494 e. The Labute approximate surface area is 166 Å². The summed E-state index contributed by atoms with van der Waals surface area (Å²) in [5.74, 6) is 2.43. The average Bonchev–Trinajstić information content (AvgIpc) is 3.28. The molecule has 2 aliphatic rings. The number of ether oxygens (including phenoxy) is 1. The number of carbonyl (C=O) groups is 1. The number of benzene rings is 1. The van der Waals surface area contributed by atoms with Crippen molar-refractivity contribution in [1.82, 2.24) is 19.7 Å². The predicted molar refractivity (Wildman–Crippen MR) is 107 cm³/mol. The van der Waals surface area contributed by atoms with Crippen LogP contribution in [-0.2, 0) is 17.8 Å². The van der Waals surface area contributed by atoms with E-state index >= 15 is 0 Å². The van der Waals surface area contributed by atoms with E-state index in [1.54, 1.807) is 0 Å². The smallest absolute Gasteiger partial charge is 0.227 e. The Morgan fingerprint density at radius 3 is 2.68 bits per heavy atom. The highest BCUT2D eigenvalue weighted by Gasteiger charge is 2.53. The molecule has 1 unspecified atom stereocenters. The Morgan fingerprint density at radius 2 is 2.04 bits per heavy atom. The van der Waals surface area contributed by atoms with Crippen molar-refractivity contribution in [3.63, 3.8) is 0 Å². The van der Waals surface area contributed by atoms with Gasteiger partial charge in [-0.25, -0.2) is 0 Å². The monoisotopic (exact) mass is 382 g/mol. The van der Waals surface area contributed by atoms with Crippen LogP contribution in [0.3, 0.4) is 0 Å². The summed E-state index contributed by atoms with van der Waals surface area (Å²) in [5, 5.41) is 8.63. The lowest BCUT2D eigenvalue weighted by Crippen LogP contribution is -2.38. The van der Waals surface area contributed by atoms with Crippen LogP contribution in [-0.4, -0.2) is 45.3 Å². The number of amides is 1. The van der Waals surface area contributed by atoms with Crippen LogP contribution in [0.1, 0.15) is 56.8 Å². The maximum absolute atomic E-state index is 13.0. The zero-order valence-electron chi connectivity index (χ0n) is 16.9. The van der Waals surface area contributed by atoms with Crippen molar-refractivity contribution < 1.29 is 9.53 Å². The Morgan fingerprint density at radius 1 is 1.25 bits per heavy atom. The lowest BCUT2D eigenvalue weighted by molar-refractivity contribution is -0.130. The normalized spacial score (nSPS) is 20.4. The van der Waals surface area contributed by atoms with Crippen molar-refractivity contribution in [2.24, 2.45) is 5.41 Å². The van der Waals surface area contributed by atoms with Crippen molar-refractivity contribution in [3.05, 3.63) is 42.0 Å². The van der Waals surface area contributed by atoms with Crippen LogP contribution in [0.2, 0.25) is 0 Å². The summed E-state index contributed by atoms with van der Waals surface area (Å²) in [4.78, 5) is 15.1. The average molecular weight is 383 g/mol. The van der Waals surface area contributed by atoms with Gasteiger partial charge in [0.15, 0.2) is 0 Å². The van der Waals surface area contributed by atoms with Gasteiger partial charge in [0.1, 0.15) is 17.9 Å². The minimum atomic E-state index is 0.201. The molecule has 1 spiro atoms. The molecule has 1 amide bonds.